The van der Waals surface area contributed by atoms with Gasteiger partial charge in [0, 0.05) is 18.2 Å². The van der Waals surface area contributed by atoms with Gasteiger partial charge in [0.05, 0.1) is 6.17 Å². The lowest BCUT2D eigenvalue weighted by molar-refractivity contribution is 0.0711. The highest BCUT2D eigenvalue weighted by molar-refractivity contribution is 5.94. The van der Waals surface area contributed by atoms with E-state index in [4.69, 9.17) is 11.5 Å². The number of nitrogens with two attached hydrogens (primary N) is 2. The number of benzene rings is 1. The summed E-state index contributed by atoms with van der Waals surface area (Å²) >= 11 is 0. The van der Waals surface area contributed by atoms with Gasteiger partial charge in [0.15, 0.2) is 0 Å². The molecule has 2 unspecified atom stereocenters. The second-order valence-corrected chi connectivity index (χ2v) is 4.62. The van der Waals surface area contributed by atoms with E-state index in [-0.39, 0.29) is 18.1 Å². The summed E-state index contributed by atoms with van der Waals surface area (Å²) in [6.07, 6.45) is 4.40. The van der Waals surface area contributed by atoms with Crippen LogP contribution in [0.2, 0.25) is 0 Å². The van der Waals surface area contributed by atoms with Crippen LogP contribution in [0.5, 0.6) is 0 Å². The molecule has 4 heteroatoms. The maximum Gasteiger partial charge on any atom is 0.255 e. The van der Waals surface area contributed by atoms with Gasteiger partial charge in [-0.3, -0.25) is 4.79 Å². The number of carbonyl (C=O) groups excluding carboxylic acids is 1. The molecule has 0 fully saturated rings. The van der Waals surface area contributed by atoms with E-state index in [1.54, 1.807) is 4.90 Å². The van der Waals surface area contributed by atoms with E-state index >= 15 is 0 Å². The first-order valence-corrected chi connectivity index (χ1v) is 6.18. The van der Waals surface area contributed by atoms with Crippen molar-refractivity contribution in [3.63, 3.8) is 0 Å². The molecular weight excluding hydrogens is 226 g/mol. The second kappa shape index (κ2) is 5.33. The average Bonchev–Trinajstić information content (AvgIpc) is 2.38. The number of nitrogens with zero attached hydrogens (tertiary/aromatic N) is 1. The highest BCUT2D eigenvalue weighted by Crippen LogP contribution is 2.15. The SMILES string of the molecule is CC(N)c1ccc(C(=O)N2CCC=CC2N)cc1. The molecule has 4 N–H and O–H groups in total. The molecule has 0 saturated heterocycles. The van der Waals surface area contributed by atoms with Crippen molar-refractivity contribution in [3.05, 3.63) is 47.5 Å². The molecule has 1 heterocycles. The summed E-state index contributed by atoms with van der Waals surface area (Å²) in [5.74, 6) is -0.0249. The van der Waals surface area contributed by atoms with E-state index in [1.165, 1.54) is 0 Å². The second-order valence-electron chi connectivity index (χ2n) is 4.62. The molecule has 2 rings (SSSR count). The molecule has 1 aromatic carbocycles. The molecule has 0 radical (unpaired) electrons. The molecule has 0 spiro atoms. The van der Waals surface area contributed by atoms with Crippen LogP contribution >= 0.6 is 0 Å². The smallest absolute Gasteiger partial charge is 0.255 e. The van der Waals surface area contributed by atoms with Gasteiger partial charge in [0.2, 0.25) is 0 Å². The molecule has 0 saturated carbocycles. The monoisotopic (exact) mass is 245 g/mol. The molecule has 1 amide bonds. The van der Waals surface area contributed by atoms with Crippen molar-refractivity contribution in [1.29, 1.82) is 0 Å². The fourth-order valence-electron chi connectivity index (χ4n) is 2.03. The van der Waals surface area contributed by atoms with E-state index in [9.17, 15) is 4.79 Å². The largest absolute Gasteiger partial charge is 0.324 e. The van der Waals surface area contributed by atoms with Crippen LogP contribution in [0.4, 0.5) is 0 Å². The minimum atomic E-state index is -0.320. The third kappa shape index (κ3) is 2.60. The molecule has 18 heavy (non-hydrogen) atoms. The third-order valence-electron chi connectivity index (χ3n) is 3.17. The molecular formula is C14H19N3O. The molecule has 1 aliphatic rings. The molecule has 4 nitrogen and oxygen atoms in total. The Kier molecular flexibility index (Phi) is 3.79. The minimum Gasteiger partial charge on any atom is -0.324 e. The molecule has 1 aliphatic heterocycles. The minimum absolute atomic E-state index is 0.0191. The fourth-order valence-corrected chi connectivity index (χ4v) is 2.03. The predicted octanol–water partition coefficient (Wildman–Crippen LogP) is 1.39. The number of hydrogen-bond donors (Lipinski definition) is 2. The zero-order valence-corrected chi connectivity index (χ0v) is 10.5. The Hall–Kier alpha value is -1.65. The van der Waals surface area contributed by atoms with Crippen molar-refractivity contribution in [3.8, 4) is 0 Å². The van der Waals surface area contributed by atoms with E-state index in [1.807, 2.05) is 43.3 Å². The van der Waals surface area contributed by atoms with Gasteiger partial charge < -0.3 is 16.4 Å². The Bertz CT molecular complexity index is 451. The summed E-state index contributed by atoms with van der Waals surface area (Å²) in [4.78, 5) is 14.0. The summed E-state index contributed by atoms with van der Waals surface area (Å²) in [6, 6.07) is 7.39. The molecule has 96 valence electrons. The normalized spacial score (nSPS) is 20.8. The number of amides is 1. The standard InChI is InChI=1S/C14H19N3O/c1-10(15)11-5-7-12(8-6-11)14(18)17-9-3-2-4-13(17)16/h2,4-8,10,13H,3,9,15-16H2,1H3. The lowest BCUT2D eigenvalue weighted by Crippen LogP contribution is -2.46. The fraction of sp³-hybridized carbons (Fsp3) is 0.357. The Morgan fingerprint density at radius 2 is 2.06 bits per heavy atom. The van der Waals surface area contributed by atoms with Crippen molar-refractivity contribution < 1.29 is 4.79 Å². The van der Waals surface area contributed by atoms with Gasteiger partial charge in [0.1, 0.15) is 0 Å². The van der Waals surface area contributed by atoms with Crippen LogP contribution in [0.1, 0.15) is 35.3 Å². The number of hydrogen-bond acceptors (Lipinski definition) is 3. The zero-order valence-electron chi connectivity index (χ0n) is 10.5. The summed E-state index contributed by atoms with van der Waals surface area (Å²) in [5.41, 5.74) is 13.4. The van der Waals surface area contributed by atoms with E-state index in [0.29, 0.717) is 12.1 Å². The number of carbonyl (C=O) groups is 1. The van der Waals surface area contributed by atoms with Crippen LogP contribution in [0.25, 0.3) is 0 Å². The molecule has 1 aromatic rings. The van der Waals surface area contributed by atoms with Crippen molar-refractivity contribution in [2.45, 2.75) is 25.6 Å². The zero-order chi connectivity index (χ0) is 13.1. The van der Waals surface area contributed by atoms with Crippen molar-refractivity contribution in [2.24, 2.45) is 11.5 Å². The molecule has 0 bridgehead atoms. The van der Waals surface area contributed by atoms with E-state index < -0.39 is 0 Å². The van der Waals surface area contributed by atoms with Gasteiger partial charge in [-0.1, -0.05) is 24.3 Å². The Labute approximate surface area is 107 Å². The van der Waals surface area contributed by atoms with Gasteiger partial charge in [-0.25, -0.2) is 0 Å². The summed E-state index contributed by atoms with van der Waals surface area (Å²) in [6.45, 7) is 2.59. The van der Waals surface area contributed by atoms with Crippen LogP contribution in [0, 0.1) is 0 Å². The molecule has 2 atom stereocenters. The van der Waals surface area contributed by atoms with Crippen LogP contribution in [-0.4, -0.2) is 23.5 Å². The lowest BCUT2D eigenvalue weighted by atomic mass is 10.1. The maximum absolute atomic E-state index is 12.3. The summed E-state index contributed by atoms with van der Waals surface area (Å²) in [7, 11) is 0. The Morgan fingerprint density at radius 1 is 1.39 bits per heavy atom. The van der Waals surface area contributed by atoms with Crippen LogP contribution in [0.3, 0.4) is 0 Å². The quantitative estimate of drug-likeness (QED) is 0.773. The highest BCUT2D eigenvalue weighted by atomic mass is 16.2. The predicted molar refractivity (Wildman–Crippen MR) is 71.8 cm³/mol. The van der Waals surface area contributed by atoms with Crippen LogP contribution in [0.15, 0.2) is 36.4 Å². The van der Waals surface area contributed by atoms with Crippen molar-refractivity contribution in [1.82, 2.24) is 4.90 Å². The molecule has 0 aromatic heterocycles. The summed E-state index contributed by atoms with van der Waals surface area (Å²) in [5, 5.41) is 0. The molecule has 0 aliphatic carbocycles. The van der Waals surface area contributed by atoms with Gasteiger partial charge >= 0.3 is 0 Å². The average molecular weight is 245 g/mol. The highest BCUT2D eigenvalue weighted by Gasteiger charge is 2.21. The first-order valence-electron chi connectivity index (χ1n) is 6.18. The van der Waals surface area contributed by atoms with Crippen LogP contribution in [-0.2, 0) is 0 Å². The van der Waals surface area contributed by atoms with E-state index in [0.717, 1.165) is 12.0 Å². The van der Waals surface area contributed by atoms with E-state index in [2.05, 4.69) is 0 Å². The van der Waals surface area contributed by atoms with Crippen molar-refractivity contribution >= 4 is 5.91 Å². The first kappa shape index (κ1) is 12.8. The van der Waals surface area contributed by atoms with Gasteiger partial charge in [-0.2, -0.15) is 0 Å². The topological polar surface area (TPSA) is 72.4 Å². The van der Waals surface area contributed by atoms with Gasteiger partial charge in [0.25, 0.3) is 5.91 Å². The van der Waals surface area contributed by atoms with Crippen LogP contribution < -0.4 is 11.5 Å². The maximum atomic E-state index is 12.3. The number of rotatable bonds is 2. The Morgan fingerprint density at radius 3 is 2.61 bits per heavy atom. The summed E-state index contributed by atoms with van der Waals surface area (Å²) < 4.78 is 0. The Balaban J connectivity index is 2.16. The van der Waals surface area contributed by atoms with Gasteiger partial charge in [-0.15, -0.1) is 0 Å². The van der Waals surface area contributed by atoms with Crippen molar-refractivity contribution in [2.75, 3.05) is 6.54 Å². The first-order chi connectivity index (χ1) is 8.59. The lowest BCUT2D eigenvalue weighted by Gasteiger charge is -2.29. The van der Waals surface area contributed by atoms with Gasteiger partial charge in [-0.05, 0) is 31.0 Å². The third-order valence-corrected chi connectivity index (χ3v) is 3.17.